The molecule has 0 radical (unpaired) electrons. The van der Waals surface area contributed by atoms with Crippen LogP contribution in [-0.4, -0.2) is 33.7 Å². The maximum absolute atomic E-state index is 12.9. The van der Waals surface area contributed by atoms with E-state index in [0.717, 1.165) is 23.2 Å². The van der Waals surface area contributed by atoms with Gasteiger partial charge < -0.3 is 9.64 Å². The summed E-state index contributed by atoms with van der Waals surface area (Å²) in [6.07, 6.45) is 1.36. The van der Waals surface area contributed by atoms with Gasteiger partial charge >= 0.3 is 0 Å². The van der Waals surface area contributed by atoms with Gasteiger partial charge in [0.1, 0.15) is 5.75 Å². The molecule has 1 N–H and O–H groups in total. The number of carbonyl (C=O) groups excluding carboxylic acids is 1. The first-order valence-corrected chi connectivity index (χ1v) is 10.6. The molecule has 2 aromatic carbocycles. The first kappa shape index (κ1) is 19.4. The van der Waals surface area contributed by atoms with Gasteiger partial charge in [-0.25, -0.2) is 13.1 Å². The van der Waals surface area contributed by atoms with Crippen molar-refractivity contribution in [2.24, 2.45) is 0 Å². The number of amides is 1. The monoisotopic (exact) mass is 388 g/mol. The number of benzene rings is 2. The molecule has 1 heterocycles. The second-order valence-electron chi connectivity index (χ2n) is 6.54. The van der Waals surface area contributed by atoms with Crippen molar-refractivity contribution in [1.29, 1.82) is 0 Å². The van der Waals surface area contributed by atoms with Crippen LogP contribution in [0.25, 0.3) is 0 Å². The Morgan fingerprint density at radius 2 is 1.93 bits per heavy atom. The van der Waals surface area contributed by atoms with Crippen LogP contribution in [0.5, 0.6) is 5.75 Å². The molecule has 0 bridgehead atoms. The highest BCUT2D eigenvalue weighted by Gasteiger charge is 2.26. The van der Waals surface area contributed by atoms with Crippen molar-refractivity contribution in [1.82, 2.24) is 4.72 Å². The molecule has 3 rings (SSSR count). The van der Waals surface area contributed by atoms with Crippen LogP contribution in [0.4, 0.5) is 5.69 Å². The number of nitrogens with one attached hydrogen (secondary N) is 1. The first-order valence-electron chi connectivity index (χ1n) is 8.98. The van der Waals surface area contributed by atoms with Crippen molar-refractivity contribution >= 4 is 21.6 Å². The number of methoxy groups -OCH3 is 1. The average molecular weight is 388 g/mol. The average Bonchev–Trinajstić information content (AvgIpc) is 3.09. The van der Waals surface area contributed by atoms with Gasteiger partial charge in [0.05, 0.1) is 12.9 Å². The Kier molecular flexibility index (Phi) is 5.82. The number of nitrogens with zero attached hydrogens (tertiary/aromatic N) is 1. The van der Waals surface area contributed by atoms with Crippen molar-refractivity contribution < 1.29 is 17.9 Å². The molecule has 0 aliphatic carbocycles. The molecule has 1 amide bonds. The Morgan fingerprint density at radius 3 is 2.59 bits per heavy atom. The quantitative estimate of drug-likeness (QED) is 0.791. The van der Waals surface area contributed by atoms with E-state index < -0.39 is 10.0 Å². The van der Waals surface area contributed by atoms with Gasteiger partial charge in [-0.2, -0.15) is 0 Å². The molecular weight excluding hydrogens is 364 g/mol. The van der Waals surface area contributed by atoms with Gasteiger partial charge in [-0.15, -0.1) is 0 Å². The molecule has 0 saturated heterocycles. The third-order valence-corrected chi connectivity index (χ3v) is 6.13. The highest BCUT2D eigenvalue weighted by Crippen LogP contribution is 2.30. The zero-order valence-electron chi connectivity index (χ0n) is 15.6. The minimum Gasteiger partial charge on any atom is -0.497 e. The van der Waals surface area contributed by atoms with Crippen molar-refractivity contribution in [3.63, 3.8) is 0 Å². The smallest absolute Gasteiger partial charge is 0.258 e. The Morgan fingerprint density at radius 1 is 1.19 bits per heavy atom. The molecule has 2 aromatic rings. The van der Waals surface area contributed by atoms with Gasteiger partial charge in [0, 0.05) is 24.3 Å². The molecule has 144 valence electrons. The van der Waals surface area contributed by atoms with Crippen LogP contribution < -0.4 is 14.4 Å². The van der Waals surface area contributed by atoms with Crippen LogP contribution in [0.2, 0.25) is 0 Å². The summed E-state index contributed by atoms with van der Waals surface area (Å²) < 4.78 is 31.5. The minimum absolute atomic E-state index is 0.0693. The normalized spacial score (nSPS) is 13.5. The maximum Gasteiger partial charge on any atom is 0.258 e. The number of hydrogen-bond donors (Lipinski definition) is 1. The minimum atomic E-state index is -3.27. The lowest BCUT2D eigenvalue weighted by Crippen LogP contribution is -2.29. The molecule has 0 atom stereocenters. The van der Waals surface area contributed by atoms with E-state index in [1.54, 1.807) is 36.3 Å². The molecule has 0 saturated carbocycles. The zero-order chi connectivity index (χ0) is 19.4. The molecule has 0 fully saturated rings. The molecule has 0 aromatic heterocycles. The van der Waals surface area contributed by atoms with E-state index in [-0.39, 0.29) is 18.2 Å². The molecule has 27 heavy (non-hydrogen) atoms. The Hall–Kier alpha value is -2.38. The number of hydrogen-bond acceptors (Lipinski definition) is 4. The summed E-state index contributed by atoms with van der Waals surface area (Å²) in [6.45, 7) is 2.67. The number of sulfonamides is 1. The van der Waals surface area contributed by atoms with Crippen LogP contribution >= 0.6 is 0 Å². The van der Waals surface area contributed by atoms with E-state index in [4.69, 9.17) is 4.74 Å². The molecule has 6 nitrogen and oxygen atoms in total. The van der Waals surface area contributed by atoms with Crippen molar-refractivity contribution in [2.75, 3.05) is 24.3 Å². The highest BCUT2D eigenvalue weighted by atomic mass is 32.2. The summed E-state index contributed by atoms with van der Waals surface area (Å²) in [5.74, 6) is 0.746. The van der Waals surface area contributed by atoms with Crippen molar-refractivity contribution in [2.45, 2.75) is 26.3 Å². The summed E-state index contributed by atoms with van der Waals surface area (Å²) >= 11 is 0. The molecule has 1 aliphatic rings. The van der Waals surface area contributed by atoms with E-state index in [0.29, 0.717) is 24.3 Å². The fraction of sp³-hybridized carbons (Fsp3) is 0.350. The van der Waals surface area contributed by atoms with Gasteiger partial charge in [0.15, 0.2) is 0 Å². The van der Waals surface area contributed by atoms with Crippen LogP contribution in [0, 0.1) is 0 Å². The summed E-state index contributed by atoms with van der Waals surface area (Å²) in [7, 11) is -1.68. The van der Waals surface area contributed by atoms with E-state index in [1.807, 2.05) is 25.1 Å². The van der Waals surface area contributed by atoms with Gasteiger partial charge in [0.2, 0.25) is 10.0 Å². The van der Waals surface area contributed by atoms with E-state index >= 15 is 0 Å². The predicted octanol–water partition coefficient (Wildman–Crippen LogP) is 2.73. The summed E-state index contributed by atoms with van der Waals surface area (Å²) in [5, 5.41) is 0. The molecular formula is C20H24N2O4S. The standard InChI is InChI=1S/C20H24N2O4S/c1-3-12-27(24,25)21-14-15-4-5-16-10-11-22(19(16)13-15)20(23)17-6-8-18(26-2)9-7-17/h4-9,13,21H,3,10-12,14H2,1-2H3. The summed E-state index contributed by atoms with van der Waals surface area (Å²) in [4.78, 5) is 14.6. The Balaban J connectivity index is 1.77. The predicted molar refractivity (Wildman–Crippen MR) is 106 cm³/mol. The number of rotatable bonds is 7. The summed E-state index contributed by atoms with van der Waals surface area (Å²) in [6, 6.07) is 12.8. The largest absolute Gasteiger partial charge is 0.497 e. The third kappa shape index (κ3) is 4.48. The maximum atomic E-state index is 12.9. The zero-order valence-corrected chi connectivity index (χ0v) is 16.4. The lowest BCUT2D eigenvalue weighted by atomic mass is 10.1. The molecule has 0 unspecified atom stereocenters. The number of ether oxygens (including phenoxy) is 1. The SMILES string of the molecule is CCCS(=O)(=O)NCc1ccc2c(c1)N(C(=O)c1ccc(OC)cc1)CC2. The highest BCUT2D eigenvalue weighted by molar-refractivity contribution is 7.89. The molecule has 1 aliphatic heterocycles. The Labute approximate surface area is 160 Å². The lowest BCUT2D eigenvalue weighted by molar-refractivity contribution is 0.0989. The van der Waals surface area contributed by atoms with Crippen LogP contribution in [0.1, 0.15) is 34.8 Å². The fourth-order valence-corrected chi connectivity index (χ4v) is 4.24. The van der Waals surface area contributed by atoms with Gasteiger partial charge in [-0.05, 0) is 54.3 Å². The lowest BCUT2D eigenvalue weighted by Gasteiger charge is -2.18. The number of anilines is 1. The second kappa shape index (κ2) is 8.10. The second-order valence-corrected chi connectivity index (χ2v) is 8.46. The van der Waals surface area contributed by atoms with Crippen molar-refractivity contribution in [3.8, 4) is 5.75 Å². The Bertz CT molecular complexity index is 923. The van der Waals surface area contributed by atoms with Crippen LogP contribution in [0.3, 0.4) is 0 Å². The molecule has 0 spiro atoms. The van der Waals surface area contributed by atoms with Crippen LogP contribution in [0.15, 0.2) is 42.5 Å². The molecule has 7 heteroatoms. The van der Waals surface area contributed by atoms with E-state index in [9.17, 15) is 13.2 Å². The van der Waals surface area contributed by atoms with E-state index in [2.05, 4.69) is 4.72 Å². The first-order chi connectivity index (χ1) is 12.9. The third-order valence-electron chi connectivity index (χ3n) is 4.60. The number of fused-ring (bicyclic) bond motifs is 1. The van der Waals surface area contributed by atoms with Crippen LogP contribution in [-0.2, 0) is 23.0 Å². The summed E-state index contributed by atoms with van der Waals surface area (Å²) in [5.41, 5.74) is 3.38. The fourth-order valence-electron chi connectivity index (χ4n) is 3.17. The van der Waals surface area contributed by atoms with E-state index in [1.165, 1.54) is 0 Å². The number of carbonyl (C=O) groups is 1. The van der Waals surface area contributed by atoms with Gasteiger partial charge in [0.25, 0.3) is 5.91 Å². The topological polar surface area (TPSA) is 75.7 Å². The van der Waals surface area contributed by atoms with Gasteiger partial charge in [-0.3, -0.25) is 4.79 Å². The van der Waals surface area contributed by atoms with Crippen molar-refractivity contribution in [3.05, 3.63) is 59.2 Å². The van der Waals surface area contributed by atoms with Gasteiger partial charge in [-0.1, -0.05) is 19.1 Å².